The second-order valence-corrected chi connectivity index (χ2v) is 5.44. The Morgan fingerprint density at radius 1 is 1.09 bits per heavy atom. The summed E-state index contributed by atoms with van der Waals surface area (Å²) in [6.45, 7) is 1.64. The van der Waals surface area contributed by atoms with Crippen LogP contribution in [0.15, 0.2) is 54.6 Å². The lowest BCUT2D eigenvalue weighted by atomic mass is 10.2. The maximum absolute atomic E-state index is 13.4. The molecular weight excluding hydrogens is 281 g/mol. The number of rotatable bonds is 8. The fourth-order valence-corrected chi connectivity index (χ4v) is 2.29. The summed E-state index contributed by atoms with van der Waals surface area (Å²) in [4.78, 5) is 2.03. The summed E-state index contributed by atoms with van der Waals surface area (Å²) in [7, 11) is 1.95. The molecule has 0 bridgehead atoms. The van der Waals surface area contributed by atoms with E-state index in [-0.39, 0.29) is 19.0 Å². The first-order valence-corrected chi connectivity index (χ1v) is 7.37. The van der Waals surface area contributed by atoms with Crippen LogP contribution in [-0.2, 0) is 17.9 Å². The molecular formula is C18H22FNO2. The van der Waals surface area contributed by atoms with E-state index in [4.69, 9.17) is 4.74 Å². The molecule has 0 aliphatic carbocycles. The minimum absolute atomic E-state index is 0.173. The zero-order valence-corrected chi connectivity index (χ0v) is 12.8. The first-order valence-electron chi connectivity index (χ1n) is 7.37. The van der Waals surface area contributed by atoms with Gasteiger partial charge in [-0.3, -0.25) is 4.90 Å². The molecule has 0 saturated carbocycles. The summed E-state index contributed by atoms with van der Waals surface area (Å²) in [6, 6.07) is 16.6. The van der Waals surface area contributed by atoms with E-state index in [0.29, 0.717) is 12.1 Å². The normalized spacial score (nSPS) is 12.5. The van der Waals surface area contributed by atoms with Crippen LogP contribution < -0.4 is 0 Å². The summed E-state index contributed by atoms with van der Waals surface area (Å²) in [5.74, 6) is -0.279. The highest BCUT2D eigenvalue weighted by Gasteiger charge is 2.09. The van der Waals surface area contributed by atoms with Crippen molar-refractivity contribution in [1.82, 2.24) is 4.90 Å². The van der Waals surface area contributed by atoms with E-state index in [1.807, 2.05) is 30.1 Å². The number of likely N-dealkylation sites (N-methyl/N-ethyl adjacent to an activating group) is 1. The molecule has 1 unspecified atom stereocenters. The molecule has 3 nitrogen and oxygen atoms in total. The topological polar surface area (TPSA) is 32.7 Å². The molecule has 0 aliphatic rings. The number of benzene rings is 2. The van der Waals surface area contributed by atoms with Crippen molar-refractivity contribution in [1.29, 1.82) is 0 Å². The summed E-state index contributed by atoms with van der Waals surface area (Å²) in [5, 5.41) is 9.98. The van der Waals surface area contributed by atoms with Gasteiger partial charge in [0.1, 0.15) is 5.82 Å². The molecule has 22 heavy (non-hydrogen) atoms. The van der Waals surface area contributed by atoms with Crippen molar-refractivity contribution in [2.75, 3.05) is 20.2 Å². The summed E-state index contributed by atoms with van der Waals surface area (Å²) in [6.07, 6.45) is -0.597. The molecule has 0 heterocycles. The van der Waals surface area contributed by atoms with E-state index in [1.165, 1.54) is 11.6 Å². The van der Waals surface area contributed by atoms with Crippen LogP contribution in [0, 0.1) is 5.82 Å². The number of aliphatic hydroxyl groups excluding tert-OH is 1. The molecule has 0 aliphatic heterocycles. The van der Waals surface area contributed by atoms with E-state index in [9.17, 15) is 9.50 Å². The Bertz CT molecular complexity index is 562. The zero-order valence-electron chi connectivity index (χ0n) is 12.8. The van der Waals surface area contributed by atoms with E-state index in [2.05, 4.69) is 12.1 Å². The highest BCUT2D eigenvalue weighted by Crippen LogP contribution is 2.08. The van der Waals surface area contributed by atoms with Gasteiger partial charge in [0.15, 0.2) is 0 Å². The fourth-order valence-electron chi connectivity index (χ4n) is 2.29. The molecule has 2 rings (SSSR count). The molecule has 0 radical (unpaired) electrons. The standard InChI is InChI=1S/C18H22FNO2/c1-20(11-15-7-3-2-4-8-15)12-17(21)14-22-13-16-9-5-6-10-18(16)19/h2-10,17,21H,11-14H2,1H3. The van der Waals surface area contributed by atoms with Crippen LogP contribution in [0.4, 0.5) is 4.39 Å². The van der Waals surface area contributed by atoms with Crippen LogP contribution in [0.2, 0.25) is 0 Å². The average Bonchev–Trinajstić information content (AvgIpc) is 2.50. The summed E-state index contributed by atoms with van der Waals surface area (Å²) in [5.41, 5.74) is 1.71. The third kappa shape index (κ3) is 5.56. The Morgan fingerprint density at radius 3 is 2.50 bits per heavy atom. The lowest BCUT2D eigenvalue weighted by molar-refractivity contribution is 0.0119. The molecule has 2 aromatic rings. The first-order chi connectivity index (χ1) is 10.6. The smallest absolute Gasteiger partial charge is 0.128 e. The van der Waals surface area contributed by atoms with Gasteiger partial charge < -0.3 is 9.84 Å². The predicted octanol–water partition coefficient (Wildman–Crippen LogP) is 2.84. The Labute approximate surface area is 131 Å². The van der Waals surface area contributed by atoms with E-state index in [0.717, 1.165) is 6.54 Å². The molecule has 0 spiro atoms. The molecule has 0 saturated heterocycles. The number of aliphatic hydroxyl groups is 1. The highest BCUT2D eigenvalue weighted by atomic mass is 19.1. The van der Waals surface area contributed by atoms with Crippen molar-refractivity contribution in [2.24, 2.45) is 0 Å². The molecule has 2 aromatic carbocycles. The van der Waals surface area contributed by atoms with Crippen molar-refractivity contribution in [3.05, 3.63) is 71.5 Å². The molecule has 0 aromatic heterocycles. The van der Waals surface area contributed by atoms with Crippen LogP contribution >= 0.6 is 0 Å². The zero-order chi connectivity index (χ0) is 15.8. The monoisotopic (exact) mass is 303 g/mol. The Hall–Kier alpha value is -1.75. The number of ether oxygens (including phenoxy) is 1. The van der Waals surface area contributed by atoms with E-state index < -0.39 is 6.10 Å². The molecule has 1 N–H and O–H groups in total. The van der Waals surface area contributed by atoms with Crippen LogP contribution in [0.5, 0.6) is 0 Å². The van der Waals surface area contributed by atoms with Crippen LogP contribution in [0.1, 0.15) is 11.1 Å². The van der Waals surface area contributed by atoms with Gasteiger partial charge in [-0.05, 0) is 18.7 Å². The van der Waals surface area contributed by atoms with Crippen molar-refractivity contribution in [3.63, 3.8) is 0 Å². The lowest BCUT2D eigenvalue weighted by Crippen LogP contribution is -2.31. The SMILES string of the molecule is CN(Cc1ccccc1)CC(O)COCc1ccccc1F. The third-order valence-electron chi connectivity index (χ3n) is 3.34. The Kier molecular flexibility index (Phi) is 6.52. The maximum Gasteiger partial charge on any atom is 0.128 e. The van der Waals surface area contributed by atoms with Crippen LogP contribution in [-0.4, -0.2) is 36.3 Å². The van der Waals surface area contributed by atoms with Gasteiger partial charge in [-0.15, -0.1) is 0 Å². The second-order valence-electron chi connectivity index (χ2n) is 5.44. The first kappa shape index (κ1) is 16.6. The fraction of sp³-hybridized carbons (Fsp3) is 0.333. The highest BCUT2D eigenvalue weighted by molar-refractivity contribution is 5.16. The van der Waals surface area contributed by atoms with Crippen molar-refractivity contribution in [3.8, 4) is 0 Å². The molecule has 1 atom stereocenters. The predicted molar refractivity (Wildman–Crippen MR) is 84.8 cm³/mol. The van der Waals surface area contributed by atoms with Gasteiger partial charge in [0.05, 0.1) is 19.3 Å². The van der Waals surface area contributed by atoms with Gasteiger partial charge in [0, 0.05) is 18.7 Å². The third-order valence-corrected chi connectivity index (χ3v) is 3.34. The lowest BCUT2D eigenvalue weighted by Gasteiger charge is -2.20. The maximum atomic E-state index is 13.4. The molecule has 4 heteroatoms. The Balaban J connectivity index is 1.69. The Morgan fingerprint density at radius 2 is 1.77 bits per heavy atom. The minimum atomic E-state index is -0.597. The van der Waals surface area contributed by atoms with Crippen molar-refractivity contribution >= 4 is 0 Å². The van der Waals surface area contributed by atoms with Crippen LogP contribution in [0.3, 0.4) is 0 Å². The van der Waals surface area contributed by atoms with Gasteiger partial charge in [-0.25, -0.2) is 4.39 Å². The van der Waals surface area contributed by atoms with E-state index >= 15 is 0 Å². The number of hydrogen-bond acceptors (Lipinski definition) is 3. The average molecular weight is 303 g/mol. The van der Waals surface area contributed by atoms with Crippen LogP contribution in [0.25, 0.3) is 0 Å². The van der Waals surface area contributed by atoms with Gasteiger partial charge in [0.2, 0.25) is 0 Å². The van der Waals surface area contributed by atoms with E-state index in [1.54, 1.807) is 18.2 Å². The molecule has 0 fully saturated rings. The minimum Gasteiger partial charge on any atom is -0.389 e. The molecule has 0 amide bonds. The van der Waals surface area contributed by atoms with Crippen molar-refractivity contribution in [2.45, 2.75) is 19.3 Å². The number of hydrogen-bond donors (Lipinski definition) is 1. The summed E-state index contributed by atoms with van der Waals surface area (Å²) >= 11 is 0. The number of nitrogens with zero attached hydrogens (tertiary/aromatic N) is 1. The van der Waals surface area contributed by atoms with Gasteiger partial charge in [-0.2, -0.15) is 0 Å². The van der Waals surface area contributed by atoms with Gasteiger partial charge in [0.25, 0.3) is 0 Å². The van der Waals surface area contributed by atoms with Crippen molar-refractivity contribution < 1.29 is 14.2 Å². The number of halogens is 1. The largest absolute Gasteiger partial charge is 0.389 e. The van der Waals surface area contributed by atoms with Gasteiger partial charge >= 0.3 is 0 Å². The molecule has 118 valence electrons. The quantitative estimate of drug-likeness (QED) is 0.814. The summed E-state index contributed by atoms with van der Waals surface area (Å²) < 4.78 is 18.8. The second kappa shape index (κ2) is 8.63. The van der Waals surface area contributed by atoms with Gasteiger partial charge in [-0.1, -0.05) is 48.5 Å².